The first-order valence-corrected chi connectivity index (χ1v) is 9.69. The standard InChI is InChI=1S/C17H18F17NO/c1-6(36-7(2)13(21,22)10(18)16(29,30)31)12(20,17(32,33)34)11(19)35-4-8(14(23,24)25)3-9(5-35)15(26,27)28/h6-11H,3-5H2,1-2H3. The van der Waals surface area contributed by atoms with E-state index < -0.39 is 97.2 Å². The number of rotatable bonds is 7. The monoisotopic (exact) mass is 575 g/mol. The Hall–Kier alpha value is -1.27. The summed E-state index contributed by atoms with van der Waals surface area (Å²) < 4.78 is 230. The molecule has 7 unspecified atom stereocenters. The van der Waals surface area contributed by atoms with E-state index in [9.17, 15) is 70.2 Å². The third-order valence-corrected chi connectivity index (χ3v) is 5.67. The van der Waals surface area contributed by atoms with Gasteiger partial charge >= 0.3 is 30.6 Å². The number of likely N-dealkylation sites (tertiary alicyclic amines) is 1. The Morgan fingerprint density at radius 1 is 0.667 bits per heavy atom. The number of hydrogen-bond acceptors (Lipinski definition) is 2. The van der Waals surface area contributed by atoms with Crippen LogP contribution in [0.15, 0.2) is 0 Å². The molecule has 0 bridgehead atoms. The molecular formula is C17H18F17NO. The molecule has 19 heteroatoms. The molecule has 1 fully saturated rings. The molecule has 0 aliphatic carbocycles. The van der Waals surface area contributed by atoms with Crippen LogP contribution in [0.4, 0.5) is 74.6 Å². The molecule has 2 nitrogen and oxygen atoms in total. The molecule has 0 N–H and O–H groups in total. The highest BCUT2D eigenvalue weighted by Gasteiger charge is 2.69. The molecule has 0 radical (unpaired) electrons. The Morgan fingerprint density at radius 2 is 1.06 bits per heavy atom. The van der Waals surface area contributed by atoms with Gasteiger partial charge in [0.1, 0.15) is 12.2 Å². The lowest BCUT2D eigenvalue weighted by atomic mass is 9.86. The maximum absolute atomic E-state index is 15.1. The minimum absolute atomic E-state index is 0.126. The van der Waals surface area contributed by atoms with Crippen LogP contribution >= 0.6 is 0 Å². The van der Waals surface area contributed by atoms with E-state index in [1.54, 1.807) is 0 Å². The van der Waals surface area contributed by atoms with Gasteiger partial charge in [0, 0.05) is 13.1 Å². The van der Waals surface area contributed by atoms with Gasteiger partial charge in [-0.05, 0) is 20.3 Å². The molecule has 0 aromatic carbocycles. The van der Waals surface area contributed by atoms with Crippen LogP contribution < -0.4 is 0 Å². The fraction of sp³-hybridized carbons (Fsp3) is 1.00. The molecule has 0 amide bonds. The summed E-state index contributed by atoms with van der Waals surface area (Å²) in [6.07, 6.45) is -42.1. The smallest absolute Gasteiger partial charge is 0.365 e. The Bertz CT molecular complexity index is 707. The number of ether oxygens (including phenoxy) is 1. The van der Waals surface area contributed by atoms with Crippen molar-refractivity contribution in [3.05, 3.63) is 0 Å². The van der Waals surface area contributed by atoms with Gasteiger partial charge < -0.3 is 4.74 Å². The molecule has 1 aliphatic rings. The zero-order valence-corrected chi connectivity index (χ0v) is 17.9. The summed E-state index contributed by atoms with van der Waals surface area (Å²) in [5.41, 5.74) is -5.63. The topological polar surface area (TPSA) is 12.5 Å². The van der Waals surface area contributed by atoms with Crippen LogP contribution in [0.25, 0.3) is 0 Å². The van der Waals surface area contributed by atoms with Crippen molar-refractivity contribution in [3.8, 4) is 0 Å². The average molecular weight is 575 g/mol. The molecule has 1 heterocycles. The maximum Gasteiger partial charge on any atom is 0.429 e. The van der Waals surface area contributed by atoms with Crippen LogP contribution in [0.2, 0.25) is 0 Å². The van der Waals surface area contributed by atoms with Crippen molar-refractivity contribution >= 4 is 0 Å². The minimum Gasteiger partial charge on any atom is -0.365 e. The largest absolute Gasteiger partial charge is 0.429 e. The van der Waals surface area contributed by atoms with Crippen molar-refractivity contribution in [1.82, 2.24) is 4.90 Å². The fourth-order valence-corrected chi connectivity index (χ4v) is 3.54. The number of nitrogens with zero attached hydrogens (tertiary/aromatic N) is 1. The van der Waals surface area contributed by atoms with Gasteiger partial charge in [-0.1, -0.05) is 0 Å². The lowest BCUT2D eigenvalue weighted by molar-refractivity contribution is -0.328. The van der Waals surface area contributed by atoms with E-state index in [2.05, 4.69) is 4.74 Å². The molecule has 36 heavy (non-hydrogen) atoms. The second kappa shape index (κ2) is 10.1. The first-order chi connectivity index (χ1) is 15.7. The quantitative estimate of drug-likeness (QED) is 0.241. The molecule has 1 rings (SSSR count). The zero-order chi connectivity index (χ0) is 28.9. The van der Waals surface area contributed by atoms with E-state index in [4.69, 9.17) is 0 Å². The zero-order valence-electron chi connectivity index (χ0n) is 17.9. The molecule has 0 aromatic rings. The minimum atomic E-state index is -6.56. The van der Waals surface area contributed by atoms with E-state index in [0.717, 1.165) is 0 Å². The van der Waals surface area contributed by atoms with Crippen molar-refractivity contribution in [2.75, 3.05) is 13.1 Å². The number of alkyl halides is 17. The lowest BCUT2D eigenvalue weighted by Crippen LogP contribution is -2.66. The maximum atomic E-state index is 15.1. The summed E-state index contributed by atoms with van der Waals surface area (Å²) in [6, 6.07) is 0. The van der Waals surface area contributed by atoms with Crippen molar-refractivity contribution in [3.63, 3.8) is 0 Å². The highest BCUT2D eigenvalue weighted by atomic mass is 19.4. The van der Waals surface area contributed by atoms with Gasteiger partial charge in [0.05, 0.1) is 11.8 Å². The SMILES string of the molecule is CC(OC(C)C(F)(C(F)N1CC(C(F)(F)F)CC(C(F)(F)F)C1)C(F)(F)F)C(F)(F)C(F)C(F)(F)F. The second-order valence-corrected chi connectivity index (χ2v) is 8.27. The lowest BCUT2D eigenvalue weighted by Gasteiger charge is -2.46. The Kier molecular flexibility index (Phi) is 9.22. The first-order valence-electron chi connectivity index (χ1n) is 9.69. The van der Waals surface area contributed by atoms with Crippen LogP contribution in [-0.4, -0.2) is 79.0 Å². The summed E-state index contributed by atoms with van der Waals surface area (Å²) in [5.74, 6) is -11.8. The van der Waals surface area contributed by atoms with Crippen LogP contribution in [0, 0.1) is 11.8 Å². The molecule has 0 saturated carbocycles. The van der Waals surface area contributed by atoms with Gasteiger partial charge in [-0.15, -0.1) is 0 Å². The Morgan fingerprint density at radius 3 is 1.36 bits per heavy atom. The van der Waals surface area contributed by atoms with Crippen LogP contribution in [0.3, 0.4) is 0 Å². The van der Waals surface area contributed by atoms with Gasteiger partial charge in [-0.25, -0.2) is 22.0 Å². The van der Waals surface area contributed by atoms with Crippen molar-refractivity contribution in [1.29, 1.82) is 0 Å². The predicted octanol–water partition coefficient (Wildman–Crippen LogP) is 6.94. The summed E-state index contributed by atoms with van der Waals surface area (Å²) in [7, 11) is 0. The van der Waals surface area contributed by atoms with Crippen molar-refractivity contribution < 1.29 is 79.4 Å². The summed E-state index contributed by atoms with van der Waals surface area (Å²) >= 11 is 0. The fourth-order valence-electron chi connectivity index (χ4n) is 3.54. The van der Waals surface area contributed by atoms with Crippen molar-refractivity contribution in [2.45, 2.75) is 81.2 Å². The van der Waals surface area contributed by atoms with Crippen LogP contribution in [0.1, 0.15) is 20.3 Å². The molecule has 216 valence electrons. The van der Waals surface area contributed by atoms with Gasteiger partial charge in [-0.3, -0.25) is 4.90 Å². The summed E-state index contributed by atoms with van der Waals surface area (Å²) in [6.45, 7) is -4.09. The van der Waals surface area contributed by atoms with Gasteiger partial charge in [-0.2, -0.15) is 52.7 Å². The van der Waals surface area contributed by atoms with E-state index in [0.29, 0.717) is 0 Å². The summed E-state index contributed by atoms with van der Waals surface area (Å²) in [4.78, 5) is -0.788. The summed E-state index contributed by atoms with van der Waals surface area (Å²) in [5, 5.41) is 0. The predicted molar refractivity (Wildman–Crippen MR) is 86.0 cm³/mol. The normalized spacial score (nSPS) is 26.8. The molecule has 0 aromatic heterocycles. The van der Waals surface area contributed by atoms with Crippen molar-refractivity contribution in [2.24, 2.45) is 11.8 Å². The van der Waals surface area contributed by atoms with Crippen LogP contribution in [0.5, 0.6) is 0 Å². The van der Waals surface area contributed by atoms with Gasteiger partial charge in [0.2, 0.25) is 0 Å². The highest BCUT2D eigenvalue weighted by molar-refractivity contribution is 5.02. The van der Waals surface area contributed by atoms with E-state index in [-0.39, 0.29) is 13.8 Å². The molecular weight excluding hydrogens is 557 g/mol. The van der Waals surface area contributed by atoms with Gasteiger partial charge in [0.15, 0.2) is 6.30 Å². The number of piperidine rings is 1. The average Bonchev–Trinajstić information content (AvgIpc) is 2.68. The third-order valence-electron chi connectivity index (χ3n) is 5.67. The Balaban J connectivity index is 3.37. The number of hydrogen-bond donors (Lipinski definition) is 0. The highest BCUT2D eigenvalue weighted by Crippen LogP contribution is 2.48. The molecule has 0 spiro atoms. The van der Waals surface area contributed by atoms with E-state index in [1.165, 1.54) is 0 Å². The first kappa shape index (κ1) is 32.8. The molecule has 1 saturated heterocycles. The van der Waals surface area contributed by atoms with E-state index in [1.807, 2.05) is 0 Å². The third kappa shape index (κ3) is 6.78. The molecule has 7 atom stereocenters. The van der Waals surface area contributed by atoms with E-state index >= 15 is 4.39 Å². The van der Waals surface area contributed by atoms with Gasteiger partial charge in [0.25, 0.3) is 11.8 Å². The van der Waals surface area contributed by atoms with Crippen LogP contribution in [-0.2, 0) is 4.74 Å². The number of halogens is 17. The Labute approximate surface area is 191 Å². The second-order valence-electron chi connectivity index (χ2n) is 8.27. The molecule has 1 aliphatic heterocycles.